The summed E-state index contributed by atoms with van der Waals surface area (Å²) in [5, 5.41) is 2.89. The molecular formula is C17H16N2O2S. The zero-order valence-electron chi connectivity index (χ0n) is 12.2. The van der Waals surface area contributed by atoms with Gasteiger partial charge in [0.2, 0.25) is 5.91 Å². The lowest BCUT2D eigenvalue weighted by atomic mass is 10.2. The first-order valence-electron chi connectivity index (χ1n) is 6.98. The fourth-order valence-corrected chi connectivity index (χ4v) is 2.94. The molecule has 3 rings (SSSR count). The van der Waals surface area contributed by atoms with E-state index in [0.717, 1.165) is 22.0 Å². The molecule has 0 radical (unpaired) electrons. The van der Waals surface area contributed by atoms with Crippen LogP contribution in [0.15, 0.2) is 58.5 Å². The van der Waals surface area contributed by atoms with E-state index in [-0.39, 0.29) is 5.91 Å². The molecule has 0 bridgehead atoms. The molecule has 5 heteroatoms. The van der Waals surface area contributed by atoms with E-state index in [1.807, 2.05) is 47.8 Å². The van der Waals surface area contributed by atoms with Crippen molar-refractivity contribution in [2.45, 2.75) is 13.0 Å². The van der Waals surface area contributed by atoms with Crippen molar-refractivity contribution in [2.24, 2.45) is 0 Å². The van der Waals surface area contributed by atoms with Crippen LogP contribution in [0.4, 0.5) is 0 Å². The third-order valence-electron chi connectivity index (χ3n) is 3.30. The number of aromatic nitrogens is 1. The maximum absolute atomic E-state index is 12.2. The van der Waals surface area contributed by atoms with Gasteiger partial charge in [-0.2, -0.15) is 0 Å². The molecule has 0 aliphatic heterocycles. The molecule has 0 aliphatic rings. The molecule has 0 spiro atoms. The van der Waals surface area contributed by atoms with Gasteiger partial charge in [0.05, 0.1) is 24.9 Å². The maximum Gasteiger partial charge on any atom is 0.228 e. The van der Waals surface area contributed by atoms with Gasteiger partial charge < -0.3 is 9.32 Å². The predicted octanol–water partition coefficient (Wildman–Crippen LogP) is 3.60. The van der Waals surface area contributed by atoms with Gasteiger partial charge in [0.1, 0.15) is 10.8 Å². The Morgan fingerprint density at radius 3 is 2.77 bits per heavy atom. The zero-order valence-corrected chi connectivity index (χ0v) is 13.0. The van der Waals surface area contributed by atoms with Gasteiger partial charge in [-0.1, -0.05) is 30.3 Å². The van der Waals surface area contributed by atoms with Crippen molar-refractivity contribution in [2.75, 3.05) is 7.05 Å². The van der Waals surface area contributed by atoms with Gasteiger partial charge >= 0.3 is 0 Å². The first-order valence-corrected chi connectivity index (χ1v) is 7.86. The highest BCUT2D eigenvalue weighted by molar-refractivity contribution is 7.13. The molecule has 0 aliphatic carbocycles. The monoisotopic (exact) mass is 312 g/mol. The summed E-state index contributed by atoms with van der Waals surface area (Å²) in [7, 11) is 1.77. The number of likely N-dealkylation sites (N-methyl/N-ethyl adjacent to an activating group) is 1. The van der Waals surface area contributed by atoms with Crippen LogP contribution >= 0.6 is 11.3 Å². The summed E-state index contributed by atoms with van der Waals surface area (Å²) in [5.74, 6) is 0.806. The minimum atomic E-state index is 0.0290. The van der Waals surface area contributed by atoms with Crippen molar-refractivity contribution >= 4 is 17.2 Å². The summed E-state index contributed by atoms with van der Waals surface area (Å²) >= 11 is 1.56. The minimum Gasteiger partial charge on any atom is -0.467 e. The van der Waals surface area contributed by atoms with Crippen molar-refractivity contribution < 1.29 is 9.21 Å². The van der Waals surface area contributed by atoms with Crippen molar-refractivity contribution in [3.63, 3.8) is 0 Å². The quantitative estimate of drug-likeness (QED) is 0.723. The van der Waals surface area contributed by atoms with E-state index in [9.17, 15) is 4.79 Å². The Morgan fingerprint density at radius 1 is 1.23 bits per heavy atom. The van der Waals surface area contributed by atoms with Gasteiger partial charge in [0, 0.05) is 18.0 Å². The highest BCUT2D eigenvalue weighted by Crippen LogP contribution is 2.23. The summed E-state index contributed by atoms with van der Waals surface area (Å²) in [6.07, 6.45) is 1.92. The molecule has 112 valence electrons. The fourth-order valence-electron chi connectivity index (χ4n) is 2.12. The van der Waals surface area contributed by atoms with E-state index in [4.69, 9.17) is 4.42 Å². The smallest absolute Gasteiger partial charge is 0.228 e. The normalized spacial score (nSPS) is 10.6. The lowest BCUT2D eigenvalue weighted by molar-refractivity contribution is -0.129. The number of furan rings is 1. The van der Waals surface area contributed by atoms with Crippen LogP contribution in [0, 0.1) is 0 Å². The minimum absolute atomic E-state index is 0.0290. The van der Waals surface area contributed by atoms with E-state index in [0.29, 0.717) is 13.0 Å². The molecule has 1 aromatic carbocycles. The highest BCUT2D eigenvalue weighted by Gasteiger charge is 2.14. The molecule has 3 aromatic rings. The van der Waals surface area contributed by atoms with Gasteiger partial charge in [-0.15, -0.1) is 11.3 Å². The third kappa shape index (κ3) is 3.43. The molecular weight excluding hydrogens is 296 g/mol. The SMILES string of the molecule is CN(Cc1ccco1)C(=O)Cc1csc(-c2ccccc2)n1. The molecule has 0 saturated carbocycles. The van der Waals surface area contributed by atoms with Crippen molar-refractivity contribution in [3.05, 3.63) is 65.6 Å². The lowest BCUT2D eigenvalue weighted by Crippen LogP contribution is -2.27. The van der Waals surface area contributed by atoms with Gasteiger partial charge in [0.15, 0.2) is 0 Å². The molecule has 0 unspecified atom stereocenters. The number of amides is 1. The summed E-state index contributed by atoms with van der Waals surface area (Å²) in [6, 6.07) is 13.7. The van der Waals surface area contributed by atoms with E-state index in [1.54, 1.807) is 29.5 Å². The van der Waals surface area contributed by atoms with Gasteiger partial charge in [-0.25, -0.2) is 4.98 Å². The second-order valence-electron chi connectivity index (χ2n) is 5.02. The van der Waals surface area contributed by atoms with Crippen LogP contribution in [0.2, 0.25) is 0 Å². The van der Waals surface area contributed by atoms with Crippen LogP contribution in [0.1, 0.15) is 11.5 Å². The molecule has 0 saturated heterocycles. The summed E-state index contributed by atoms with van der Waals surface area (Å²) in [5.41, 5.74) is 1.88. The number of nitrogens with zero attached hydrogens (tertiary/aromatic N) is 2. The Hall–Kier alpha value is -2.40. The van der Waals surface area contributed by atoms with Crippen LogP contribution in [0.5, 0.6) is 0 Å². The molecule has 0 N–H and O–H groups in total. The number of rotatable bonds is 5. The topological polar surface area (TPSA) is 46.3 Å². The first kappa shape index (κ1) is 14.5. The van der Waals surface area contributed by atoms with Crippen LogP contribution in [-0.2, 0) is 17.8 Å². The first-order chi connectivity index (χ1) is 10.7. The maximum atomic E-state index is 12.2. The van der Waals surface area contributed by atoms with Crippen LogP contribution in [-0.4, -0.2) is 22.8 Å². The lowest BCUT2D eigenvalue weighted by Gasteiger charge is -2.14. The van der Waals surface area contributed by atoms with Crippen molar-refractivity contribution in [1.29, 1.82) is 0 Å². The van der Waals surface area contributed by atoms with Crippen LogP contribution < -0.4 is 0 Å². The number of carbonyl (C=O) groups excluding carboxylic acids is 1. The molecule has 0 fully saturated rings. The number of hydrogen-bond donors (Lipinski definition) is 0. The Bertz CT molecular complexity index is 735. The molecule has 2 aromatic heterocycles. The molecule has 2 heterocycles. The van der Waals surface area contributed by atoms with Crippen molar-refractivity contribution in [3.8, 4) is 10.6 Å². The average molecular weight is 312 g/mol. The molecule has 1 amide bonds. The fraction of sp³-hybridized carbons (Fsp3) is 0.176. The largest absolute Gasteiger partial charge is 0.467 e. The summed E-state index contributed by atoms with van der Waals surface area (Å²) < 4.78 is 5.26. The number of hydrogen-bond acceptors (Lipinski definition) is 4. The Labute approximate surface area is 133 Å². The summed E-state index contributed by atoms with van der Waals surface area (Å²) in [4.78, 5) is 18.4. The van der Waals surface area contributed by atoms with Crippen LogP contribution in [0.3, 0.4) is 0 Å². The van der Waals surface area contributed by atoms with E-state index >= 15 is 0 Å². The Morgan fingerprint density at radius 2 is 2.05 bits per heavy atom. The van der Waals surface area contributed by atoms with E-state index in [2.05, 4.69) is 4.98 Å². The standard InChI is InChI=1S/C17H16N2O2S/c1-19(11-15-8-5-9-21-15)16(20)10-14-12-22-17(18-14)13-6-3-2-4-7-13/h2-9,12H,10-11H2,1H3. The molecule has 22 heavy (non-hydrogen) atoms. The van der Waals surface area contributed by atoms with Crippen LogP contribution in [0.25, 0.3) is 10.6 Å². The number of benzene rings is 1. The zero-order chi connectivity index (χ0) is 15.4. The highest BCUT2D eigenvalue weighted by atomic mass is 32.1. The van der Waals surface area contributed by atoms with Gasteiger partial charge in [0.25, 0.3) is 0 Å². The van der Waals surface area contributed by atoms with Crippen molar-refractivity contribution in [1.82, 2.24) is 9.88 Å². The predicted molar refractivity (Wildman–Crippen MR) is 86.4 cm³/mol. The van der Waals surface area contributed by atoms with Gasteiger partial charge in [-0.05, 0) is 12.1 Å². The van der Waals surface area contributed by atoms with Gasteiger partial charge in [-0.3, -0.25) is 4.79 Å². The molecule has 4 nitrogen and oxygen atoms in total. The third-order valence-corrected chi connectivity index (χ3v) is 4.24. The average Bonchev–Trinajstić information content (AvgIpc) is 3.20. The second-order valence-corrected chi connectivity index (χ2v) is 5.87. The second kappa shape index (κ2) is 6.58. The number of thiazole rings is 1. The Balaban J connectivity index is 1.63. The van der Waals surface area contributed by atoms with E-state index < -0.39 is 0 Å². The molecule has 0 atom stereocenters. The Kier molecular flexibility index (Phi) is 4.34. The summed E-state index contributed by atoms with van der Waals surface area (Å²) in [6.45, 7) is 0.474. The number of carbonyl (C=O) groups is 1. The van der Waals surface area contributed by atoms with E-state index in [1.165, 1.54) is 0 Å².